The minimum atomic E-state index is -2.85. The summed E-state index contributed by atoms with van der Waals surface area (Å²) in [6.45, 7) is -2.14. The van der Waals surface area contributed by atoms with Crippen LogP contribution in [0.4, 0.5) is 8.78 Å². The second-order valence-corrected chi connectivity index (χ2v) is 4.92. The molecule has 0 bridgehead atoms. The molecule has 1 aliphatic heterocycles. The quantitative estimate of drug-likeness (QED) is 0.893. The number of hydrogen-bond donors (Lipinski definition) is 1. The molecule has 1 N–H and O–H groups in total. The van der Waals surface area contributed by atoms with Crippen molar-refractivity contribution in [1.29, 1.82) is 0 Å². The van der Waals surface area contributed by atoms with Crippen LogP contribution in [-0.2, 0) is 16.1 Å². The summed E-state index contributed by atoms with van der Waals surface area (Å²) in [6, 6.07) is 6.11. The molecule has 21 heavy (non-hydrogen) atoms. The lowest BCUT2D eigenvalue weighted by Crippen LogP contribution is -2.33. The van der Waals surface area contributed by atoms with Gasteiger partial charge in [-0.2, -0.15) is 8.78 Å². The van der Waals surface area contributed by atoms with Crippen molar-refractivity contribution in [3.8, 4) is 5.75 Å². The highest BCUT2D eigenvalue weighted by atomic mass is 19.3. The van der Waals surface area contributed by atoms with Crippen LogP contribution in [0, 0.1) is 5.92 Å². The van der Waals surface area contributed by atoms with Gasteiger partial charge in [0.05, 0.1) is 5.92 Å². The maximum absolute atomic E-state index is 12.1. The highest BCUT2D eigenvalue weighted by molar-refractivity contribution is 5.89. The van der Waals surface area contributed by atoms with Gasteiger partial charge >= 0.3 is 6.61 Å². The lowest BCUT2D eigenvalue weighted by atomic mass is 10.1. The Hall–Kier alpha value is -2.18. The molecule has 114 valence electrons. The Morgan fingerprint density at radius 2 is 2.10 bits per heavy atom. The predicted octanol–water partition coefficient (Wildman–Crippen LogP) is 1.38. The van der Waals surface area contributed by atoms with Crippen LogP contribution in [0.3, 0.4) is 0 Å². The van der Waals surface area contributed by atoms with Crippen LogP contribution in [-0.4, -0.2) is 36.9 Å². The lowest BCUT2D eigenvalue weighted by molar-refractivity contribution is -0.135. The molecule has 0 aromatic heterocycles. The second kappa shape index (κ2) is 6.51. The molecule has 7 heteroatoms. The van der Waals surface area contributed by atoms with Gasteiger partial charge in [-0.25, -0.2) is 0 Å². The van der Waals surface area contributed by atoms with Gasteiger partial charge in [-0.15, -0.1) is 0 Å². The van der Waals surface area contributed by atoms with Crippen molar-refractivity contribution in [2.45, 2.75) is 19.6 Å². The summed E-state index contributed by atoms with van der Waals surface area (Å²) in [7, 11) is 1.65. The number of nitrogens with one attached hydrogen (secondary N) is 1. The van der Waals surface area contributed by atoms with Crippen LogP contribution < -0.4 is 10.1 Å². The van der Waals surface area contributed by atoms with Crippen LogP contribution in [0.15, 0.2) is 24.3 Å². The van der Waals surface area contributed by atoms with Crippen LogP contribution in [0.5, 0.6) is 5.75 Å². The van der Waals surface area contributed by atoms with Crippen molar-refractivity contribution in [2.75, 3.05) is 13.6 Å². The minimum absolute atomic E-state index is 0.0771. The van der Waals surface area contributed by atoms with Gasteiger partial charge in [0, 0.05) is 26.6 Å². The SMILES string of the molecule is CN(Cc1ccc(OC(F)F)cc1)C(=O)C1CNC(=O)C1. The van der Waals surface area contributed by atoms with Gasteiger partial charge in [0.25, 0.3) is 0 Å². The van der Waals surface area contributed by atoms with Crippen molar-refractivity contribution in [2.24, 2.45) is 5.92 Å². The van der Waals surface area contributed by atoms with E-state index in [-0.39, 0.29) is 29.9 Å². The fraction of sp³-hybridized carbons (Fsp3) is 0.429. The second-order valence-electron chi connectivity index (χ2n) is 4.92. The van der Waals surface area contributed by atoms with E-state index in [1.54, 1.807) is 19.2 Å². The third-order valence-corrected chi connectivity index (χ3v) is 3.27. The Balaban J connectivity index is 1.91. The number of nitrogens with zero attached hydrogens (tertiary/aromatic N) is 1. The van der Waals surface area contributed by atoms with E-state index in [9.17, 15) is 18.4 Å². The van der Waals surface area contributed by atoms with Gasteiger partial charge < -0.3 is 15.0 Å². The number of benzene rings is 1. The Bertz CT molecular complexity index is 519. The Morgan fingerprint density at radius 3 is 2.62 bits per heavy atom. The fourth-order valence-corrected chi connectivity index (χ4v) is 2.22. The number of halogens is 2. The molecule has 0 saturated carbocycles. The molecular weight excluding hydrogens is 282 g/mol. The van der Waals surface area contributed by atoms with Crippen LogP contribution in [0.2, 0.25) is 0 Å². The number of hydrogen-bond acceptors (Lipinski definition) is 3. The van der Waals surface area contributed by atoms with Crippen LogP contribution in [0.1, 0.15) is 12.0 Å². The Morgan fingerprint density at radius 1 is 1.43 bits per heavy atom. The molecule has 1 saturated heterocycles. The number of carbonyl (C=O) groups is 2. The average molecular weight is 298 g/mol. The lowest BCUT2D eigenvalue weighted by Gasteiger charge is -2.20. The summed E-state index contributed by atoms with van der Waals surface area (Å²) in [5.41, 5.74) is 0.796. The Labute approximate surface area is 120 Å². The number of rotatable bonds is 5. The van der Waals surface area contributed by atoms with Crippen LogP contribution in [0.25, 0.3) is 0 Å². The largest absolute Gasteiger partial charge is 0.435 e. The maximum Gasteiger partial charge on any atom is 0.387 e. The van der Waals surface area contributed by atoms with Gasteiger partial charge in [0.1, 0.15) is 5.75 Å². The highest BCUT2D eigenvalue weighted by Gasteiger charge is 2.29. The molecular formula is C14H16F2N2O3. The molecule has 2 rings (SSSR count). The molecule has 0 spiro atoms. The van der Waals surface area contributed by atoms with Crippen molar-refractivity contribution in [3.63, 3.8) is 0 Å². The van der Waals surface area contributed by atoms with E-state index in [1.807, 2.05) is 0 Å². The number of alkyl halides is 2. The van der Waals surface area contributed by atoms with Gasteiger partial charge in [-0.05, 0) is 17.7 Å². The van der Waals surface area contributed by atoms with Gasteiger partial charge in [0.15, 0.2) is 0 Å². The van der Waals surface area contributed by atoms with E-state index in [1.165, 1.54) is 17.0 Å². The summed E-state index contributed by atoms with van der Waals surface area (Å²) in [4.78, 5) is 24.7. The molecule has 0 aliphatic carbocycles. The summed E-state index contributed by atoms with van der Waals surface area (Å²) in [6.07, 6.45) is 0.213. The molecule has 1 heterocycles. The van der Waals surface area contributed by atoms with Gasteiger partial charge in [-0.1, -0.05) is 12.1 Å². The zero-order valence-corrected chi connectivity index (χ0v) is 11.5. The van der Waals surface area contributed by atoms with E-state index in [2.05, 4.69) is 10.1 Å². The van der Waals surface area contributed by atoms with Gasteiger partial charge in [0.2, 0.25) is 11.8 Å². The molecule has 1 aromatic carbocycles. The topological polar surface area (TPSA) is 58.6 Å². The molecule has 1 atom stereocenters. The molecule has 1 unspecified atom stereocenters. The first-order valence-electron chi connectivity index (χ1n) is 6.51. The van der Waals surface area contributed by atoms with Crippen LogP contribution >= 0.6 is 0 Å². The van der Waals surface area contributed by atoms with Crippen molar-refractivity contribution >= 4 is 11.8 Å². The van der Waals surface area contributed by atoms with Crippen molar-refractivity contribution in [1.82, 2.24) is 10.2 Å². The standard InChI is InChI=1S/C14H16F2N2O3/c1-18(13(20)10-6-12(19)17-7-10)8-9-2-4-11(5-3-9)21-14(15)16/h2-5,10,14H,6-8H2,1H3,(H,17,19). The first-order valence-corrected chi connectivity index (χ1v) is 6.51. The van der Waals surface area contributed by atoms with E-state index in [0.717, 1.165) is 5.56 Å². The first kappa shape index (κ1) is 15.2. The first-order chi connectivity index (χ1) is 9.95. The monoisotopic (exact) mass is 298 g/mol. The molecule has 1 aliphatic rings. The predicted molar refractivity (Wildman–Crippen MR) is 70.7 cm³/mol. The smallest absolute Gasteiger partial charge is 0.387 e. The van der Waals surface area contributed by atoms with Crippen molar-refractivity contribution < 1.29 is 23.1 Å². The summed E-state index contributed by atoms with van der Waals surface area (Å²) >= 11 is 0. The zero-order valence-electron chi connectivity index (χ0n) is 11.5. The summed E-state index contributed by atoms with van der Waals surface area (Å²) in [5, 5.41) is 2.62. The van der Waals surface area contributed by atoms with E-state index < -0.39 is 6.61 Å². The minimum Gasteiger partial charge on any atom is -0.435 e. The zero-order chi connectivity index (χ0) is 15.4. The molecule has 1 aromatic rings. The fourth-order valence-electron chi connectivity index (χ4n) is 2.22. The Kier molecular flexibility index (Phi) is 4.72. The maximum atomic E-state index is 12.1. The van der Waals surface area contributed by atoms with E-state index in [4.69, 9.17) is 0 Å². The number of amides is 2. The van der Waals surface area contributed by atoms with Gasteiger partial charge in [-0.3, -0.25) is 9.59 Å². The molecule has 0 radical (unpaired) electrons. The molecule has 5 nitrogen and oxygen atoms in total. The summed E-state index contributed by atoms with van der Waals surface area (Å²) in [5.74, 6) is -0.478. The number of carbonyl (C=O) groups excluding carboxylic acids is 2. The van der Waals surface area contributed by atoms with E-state index in [0.29, 0.717) is 13.1 Å². The van der Waals surface area contributed by atoms with Crippen molar-refractivity contribution in [3.05, 3.63) is 29.8 Å². The van der Waals surface area contributed by atoms with E-state index >= 15 is 0 Å². The highest BCUT2D eigenvalue weighted by Crippen LogP contribution is 2.17. The average Bonchev–Trinajstić information content (AvgIpc) is 2.86. The third kappa shape index (κ3) is 4.14. The summed E-state index contributed by atoms with van der Waals surface area (Å²) < 4.78 is 28.3. The normalized spacial score (nSPS) is 17.7. The molecule has 2 amide bonds. The number of ether oxygens (including phenoxy) is 1. The molecule has 1 fully saturated rings. The third-order valence-electron chi connectivity index (χ3n) is 3.27.